The molecule has 3 aliphatic carbocycles. The molecular formula is C17H26O5. The van der Waals surface area contributed by atoms with Crippen molar-refractivity contribution in [1.82, 2.24) is 0 Å². The number of hydrogen-bond acceptors (Lipinski definition) is 4. The van der Waals surface area contributed by atoms with Gasteiger partial charge < -0.3 is 14.9 Å². The lowest BCUT2D eigenvalue weighted by Crippen LogP contribution is -2.52. The van der Waals surface area contributed by atoms with Gasteiger partial charge in [0.15, 0.2) is 0 Å². The van der Waals surface area contributed by atoms with Crippen molar-refractivity contribution in [2.24, 2.45) is 28.6 Å². The van der Waals surface area contributed by atoms with E-state index >= 15 is 0 Å². The number of carbonyl (C=O) groups is 2. The zero-order valence-electron chi connectivity index (χ0n) is 13.6. The average molecular weight is 310 g/mol. The van der Waals surface area contributed by atoms with E-state index in [0.29, 0.717) is 31.6 Å². The highest BCUT2D eigenvalue weighted by atomic mass is 16.5. The van der Waals surface area contributed by atoms with Gasteiger partial charge >= 0.3 is 11.9 Å². The van der Waals surface area contributed by atoms with Crippen LogP contribution in [0.2, 0.25) is 0 Å². The van der Waals surface area contributed by atoms with Gasteiger partial charge in [-0.15, -0.1) is 0 Å². The van der Waals surface area contributed by atoms with Crippen LogP contribution in [0, 0.1) is 28.6 Å². The van der Waals surface area contributed by atoms with Crippen LogP contribution >= 0.6 is 0 Å². The Labute approximate surface area is 131 Å². The normalized spacial score (nSPS) is 45.4. The molecule has 22 heavy (non-hydrogen) atoms. The first-order valence-corrected chi connectivity index (χ1v) is 8.22. The van der Waals surface area contributed by atoms with Crippen molar-refractivity contribution < 1.29 is 24.5 Å². The third-order valence-corrected chi connectivity index (χ3v) is 6.71. The molecule has 5 nitrogen and oxygen atoms in total. The van der Waals surface area contributed by atoms with Crippen molar-refractivity contribution in [1.29, 1.82) is 0 Å². The summed E-state index contributed by atoms with van der Waals surface area (Å²) in [7, 11) is 0. The molecule has 0 radical (unpaired) electrons. The topological polar surface area (TPSA) is 83.8 Å². The minimum absolute atomic E-state index is 0.00527. The lowest BCUT2D eigenvalue weighted by atomic mass is 9.61. The summed E-state index contributed by atoms with van der Waals surface area (Å²) < 4.78 is 5.09. The molecule has 3 fully saturated rings. The maximum atomic E-state index is 12.0. The summed E-state index contributed by atoms with van der Waals surface area (Å²) in [5.74, 6) is -0.872. The summed E-state index contributed by atoms with van der Waals surface area (Å²) >= 11 is 0. The van der Waals surface area contributed by atoms with Crippen molar-refractivity contribution in [3.8, 4) is 0 Å². The lowest BCUT2D eigenvalue weighted by molar-refractivity contribution is -0.168. The molecule has 5 atom stereocenters. The van der Waals surface area contributed by atoms with Crippen molar-refractivity contribution in [3.05, 3.63) is 0 Å². The number of rotatable bonds is 3. The van der Waals surface area contributed by atoms with Crippen LogP contribution in [0.25, 0.3) is 0 Å². The Morgan fingerprint density at radius 1 is 1.18 bits per heavy atom. The molecule has 0 spiro atoms. The summed E-state index contributed by atoms with van der Waals surface area (Å²) in [5, 5.41) is 20.9. The largest absolute Gasteiger partial charge is 0.481 e. The van der Waals surface area contributed by atoms with Gasteiger partial charge in [0.05, 0.1) is 5.41 Å². The maximum Gasteiger partial charge on any atom is 0.309 e. The van der Waals surface area contributed by atoms with Crippen molar-refractivity contribution in [3.63, 3.8) is 0 Å². The van der Waals surface area contributed by atoms with Crippen LogP contribution in [0.5, 0.6) is 0 Å². The summed E-state index contributed by atoms with van der Waals surface area (Å²) in [6.45, 7) is 5.65. The van der Waals surface area contributed by atoms with Gasteiger partial charge in [0.2, 0.25) is 0 Å². The molecule has 0 saturated heterocycles. The van der Waals surface area contributed by atoms with Crippen LogP contribution in [0.15, 0.2) is 0 Å². The summed E-state index contributed by atoms with van der Waals surface area (Å²) in [4.78, 5) is 23.1. The van der Waals surface area contributed by atoms with E-state index in [1.54, 1.807) is 0 Å². The van der Waals surface area contributed by atoms with Crippen molar-refractivity contribution in [2.45, 2.75) is 58.5 Å². The van der Waals surface area contributed by atoms with Gasteiger partial charge in [0.1, 0.15) is 12.2 Å². The first kappa shape index (κ1) is 15.8. The van der Waals surface area contributed by atoms with Gasteiger partial charge in [-0.25, -0.2) is 0 Å². The molecule has 2 N–H and O–H groups in total. The van der Waals surface area contributed by atoms with E-state index in [2.05, 4.69) is 13.8 Å². The minimum Gasteiger partial charge on any atom is -0.481 e. The Bertz CT molecular complexity index is 513. The van der Waals surface area contributed by atoms with Crippen molar-refractivity contribution >= 4 is 11.9 Å². The fourth-order valence-corrected chi connectivity index (χ4v) is 5.94. The molecule has 3 aliphatic rings. The van der Waals surface area contributed by atoms with Crippen LogP contribution in [-0.4, -0.2) is 34.4 Å². The molecule has 0 aromatic heterocycles. The lowest BCUT2D eigenvalue weighted by Gasteiger charge is -2.47. The second kappa shape index (κ2) is 4.70. The highest BCUT2D eigenvalue weighted by Crippen LogP contribution is 2.70. The Morgan fingerprint density at radius 2 is 1.82 bits per heavy atom. The number of aliphatic carboxylic acids is 1. The predicted molar refractivity (Wildman–Crippen MR) is 79.0 cm³/mol. The van der Waals surface area contributed by atoms with Gasteiger partial charge in [-0.3, -0.25) is 9.59 Å². The van der Waals surface area contributed by atoms with Crippen LogP contribution in [0.4, 0.5) is 0 Å². The fraction of sp³-hybridized carbons (Fsp3) is 0.882. The van der Waals surface area contributed by atoms with E-state index < -0.39 is 23.0 Å². The predicted octanol–water partition coefficient (Wildman–Crippen LogP) is 2.22. The third-order valence-electron chi connectivity index (χ3n) is 6.71. The molecule has 3 saturated carbocycles. The Kier molecular flexibility index (Phi) is 3.37. The molecule has 0 heterocycles. The SMILES string of the molecule is CC(=O)OC[C@@]1(O)CC[C@@H]2[C@H]3[C@H]1CC[C@@]3(C(=O)O)CC2(C)C. The van der Waals surface area contributed by atoms with Crippen LogP contribution in [0.1, 0.15) is 52.9 Å². The fourth-order valence-electron chi connectivity index (χ4n) is 5.94. The smallest absolute Gasteiger partial charge is 0.309 e. The summed E-state index contributed by atoms with van der Waals surface area (Å²) in [6, 6.07) is 0. The molecule has 0 aromatic rings. The molecule has 0 bridgehead atoms. The molecule has 0 aliphatic heterocycles. The summed E-state index contributed by atoms with van der Waals surface area (Å²) in [6.07, 6.45) is 3.41. The number of carboxylic acid groups (broad SMARTS) is 1. The molecule has 0 amide bonds. The van der Waals surface area contributed by atoms with E-state index in [1.165, 1.54) is 6.92 Å². The minimum atomic E-state index is -1.07. The third kappa shape index (κ3) is 2.01. The number of carboxylic acids is 1. The molecule has 0 unspecified atom stereocenters. The number of aliphatic hydroxyl groups is 1. The number of hydrogen-bond donors (Lipinski definition) is 2. The molecule has 3 rings (SSSR count). The molecule has 124 valence electrons. The Balaban J connectivity index is 1.94. The van der Waals surface area contributed by atoms with Gasteiger partial charge in [-0.2, -0.15) is 0 Å². The van der Waals surface area contributed by atoms with Crippen LogP contribution < -0.4 is 0 Å². The van der Waals surface area contributed by atoms with E-state index in [0.717, 1.165) is 6.42 Å². The Morgan fingerprint density at radius 3 is 2.41 bits per heavy atom. The van der Waals surface area contributed by atoms with Crippen molar-refractivity contribution in [2.75, 3.05) is 6.61 Å². The number of ether oxygens (including phenoxy) is 1. The van der Waals surface area contributed by atoms with Crippen LogP contribution in [0.3, 0.4) is 0 Å². The number of carbonyl (C=O) groups excluding carboxylic acids is 1. The molecular weight excluding hydrogens is 284 g/mol. The highest BCUT2D eigenvalue weighted by molar-refractivity contribution is 5.76. The monoisotopic (exact) mass is 310 g/mol. The zero-order chi connectivity index (χ0) is 16.3. The second-order valence-corrected chi connectivity index (χ2v) is 8.33. The molecule has 0 aromatic carbocycles. The zero-order valence-corrected chi connectivity index (χ0v) is 13.6. The van der Waals surface area contributed by atoms with E-state index in [4.69, 9.17) is 4.74 Å². The van der Waals surface area contributed by atoms with E-state index in [9.17, 15) is 19.8 Å². The van der Waals surface area contributed by atoms with Gasteiger partial charge in [0.25, 0.3) is 0 Å². The van der Waals surface area contributed by atoms with Gasteiger partial charge in [-0.05, 0) is 55.3 Å². The van der Waals surface area contributed by atoms with E-state index in [-0.39, 0.29) is 23.9 Å². The molecule has 5 heteroatoms. The standard InChI is InChI=1S/C17H26O5/c1-10(18)22-9-17(21)7-5-11-13-12(17)4-6-16(13,14(19)20)8-15(11,2)3/h11-13,21H,4-9H2,1-3H3,(H,19,20)/t11-,12-,13+,16-,17+/m1/s1. The van der Waals surface area contributed by atoms with Gasteiger partial charge in [-0.1, -0.05) is 13.8 Å². The summed E-state index contributed by atoms with van der Waals surface area (Å²) in [5.41, 5.74) is -1.78. The average Bonchev–Trinajstić information content (AvgIpc) is 2.88. The highest BCUT2D eigenvalue weighted by Gasteiger charge is 2.70. The van der Waals surface area contributed by atoms with E-state index in [1.807, 2.05) is 0 Å². The first-order chi connectivity index (χ1) is 10.1. The van der Waals surface area contributed by atoms with Gasteiger partial charge in [0, 0.05) is 6.92 Å². The number of esters is 1. The quantitative estimate of drug-likeness (QED) is 0.781. The maximum absolute atomic E-state index is 12.0. The second-order valence-electron chi connectivity index (χ2n) is 8.33. The van der Waals surface area contributed by atoms with Crippen LogP contribution in [-0.2, 0) is 14.3 Å². The first-order valence-electron chi connectivity index (χ1n) is 8.22. The Hall–Kier alpha value is -1.10.